The smallest absolute Gasteiger partial charge is 0.167 e. The van der Waals surface area contributed by atoms with Gasteiger partial charge in [-0.2, -0.15) is 0 Å². The number of halogens is 1. The van der Waals surface area contributed by atoms with Gasteiger partial charge in [0.1, 0.15) is 0 Å². The summed E-state index contributed by atoms with van der Waals surface area (Å²) in [6.45, 7) is 10.8. The first-order valence-corrected chi connectivity index (χ1v) is 7.45. The zero-order valence-electron chi connectivity index (χ0n) is 12.8. The molecule has 20 heavy (non-hydrogen) atoms. The zero-order chi connectivity index (χ0) is 14.7. The molecule has 1 aromatic rings. The highest BCUT2D eigenvalue weighted by molar-refractivity contribution is 5.51. The number of hydrogen-bond donors (Lipinski definition) is 1. The monoisotopic (exact) mass is 280 g/mol. The summed E-state index contributed by atoms with van der Waals surface area (Å²) in [5.74, 6) is 0.619. The number of anilines is 1. The Morgan fingerprint density at radius 2 is 2.20 bits per heavy atom. The second kappa shape index (κ2) is 6.44. The van der Waals surface area contributed by atoms with E-state index in [1.165, 1.54) is 0 Å². The van der Waals surface area contributed by atoms with Crippen LogP contribution in [0.2, 0.25) is 0 Å². The Kier molecular flexibility index (Phi) is 4.86. The highest BCUT2D eigenvalue weighted by atomic mass is 19.1. The van der Waals surface area contributed by atoms with Gasteiger partial charge < -0.3 is 15.0 Å². The van der Waals surface area contributed by atoms with Crippen molar-refractivity contribution in [3.8, 4) is 5.75 Å². The Balaban J connectivity index is 2.18. The van der Waals surface area contributed by atoms with E-state index in [0.29, 0.717) is 30.4 Å². The van der Waals surface area contributed by atoms with Crippen LogP contribution in [0, 0.1) is 11.7 Å². The molecule has 0 bridgehead atoms. The number of nitrogens with zero attached hydrogens (tertiary/aromatic N) is 1. The third-order valence-electron chi connectivity index (χ3n) is 3.95. The fraction of sp³-hybridized carbons (Fsp3) is 0.625. The maximum absolute atomic E-state index is 14.0. The number of rotatable bonds is 4. The van der Waals surface area contributed by atoms with Gasteiger partial charge >= 0.3 is 0 Å². The largest absolute Gasteiger partial charge is 0.491 e. The molecule has 0 aromatic heterocycles. The number of hydrogen-bond acceptors (Lipinski definition) is 3. The van der Waals surface area contributed by atoms with Gasteiger partial charge in [-0.15, -0.1) is 0 Å². The lowest BCUT2D eigenvalue weighted by Gasteiger charge is -2.42. The molecule has 1 aromatic carbocycles. The topological polar surface area (TPSA) is 24.5 Å². The molecule has 0 spiro atoms. The Bertz CT molecular complexity index is 450. The van der Waals surface area contributed by atoms with E-state index in [-0.39, 0.29) is 5.82 Å². The van der Waals surface area contributed by atoms with Crippen LogP contribution >= 0.6 is 0 Å². The van der Waals surface area contributed by atoms with E-state index in [4.69, 9.17) is 4.74 Å². The lowest BCUT2D eigenvalue weighted by atomic mass is 9.99. The van der Waals surface area contributed by atoms with Crippen LogP contribution in [0.5, 0.6) is 5.75 Å². The zero-order valence-corrected chi connectivity index (χ0v) is 12.8. The molecule has 1 aliphatic heterocycles. The van der Waals surface area contributed by atoms with Crippen LogP contribution in [0.1, 0.15) is 27.7 Å². The molecule has 2 unspecified atom stereocenters. The molecule has 2 rings (SSSR count). The predicted molar refractivity (Wildman–Crippen MR) is 81.0 cm³/mol. The first kappa shape index (κ1) is 15.1. The third kappa shape index (κ3) is 3.23. The van der Waals surface area contributed by atoms with E-state index in [1.54, 1.807) is 12.1 Å². The van der Waals surface area contributed by atoms with Crippen LogP contribution in [0.25, 0.3) is 0 Å². The lowest BCUT2D eigenvalue weighted by Crippen LogP contribution is -2.57. The summed E-state index contributed by atoms with van der Waals surface area (Å²) < 4.78 is 19.3. The maximum atomic E-state index is 14.0. The number of ether oxygens (including phenoxy) is 1. The van der Waals surface area contributed by atoms with E-state index in [1.807, 2.05) is 13.0 Å². The van der Waals surface area contributed by atoms with Crippen LogP contribution in [-0.4, -0.2) is 31.8 Å². The summed E-state index contributed by atoms with van der Waals surface area (Å²) in [5, 5.41) is 3.55. The Morgan fingerprint density at radius 1 is 1.45 bits per heavy atom. The molecule has 4 heteroatoms. The minimum Gasteiger partial charge on any atom is -0.491 e. The number of nitrogens with one attached hydrogen (secondary N) is 1. The molecule has 0 amide bonds. The van der Waals surface area contributed by atoms with E-state index < -0.39 is 0 Å². The van der Waals surface area contributed by atoms with Crippen molar-refractivity contribution in [3.05, 3.63) is 24.0 Å². The Labute approximate surface area is 121 Å². The maximum Gasteiger partial charge on any atom is 0.167 e. The lowest BCUT2D eigenvalue weighted by molar-refractivity contribution is 0.320. The van der Waals surface area contributed by atoms with Crippen molar-refractivity contribution >= 4 is 5.69 Å². The van der Waals surface area contributed by atoms with Crippen LogP contribution in [-0.2, 0) is 0 Å². The molecule has 1 fully saturated rings. The van der Waals surface area contributed by atoms with Crippen molar-refractivity contribution in [2.24, 2.45) is 5.92 Å². The summed E-state index contributed by atoms with van der Waals surface area (Å²) in [5.41, 5.74) is 0.936. The molecular formula is C16H25FN2O. The van der Waals surface area contributed by atoms with E-state index in [9.17, 15) is 4.39 Å². The van der Waals surface area contributed by atoms with Gasteiger partial charge in [0.25, 0.3) is 0 Å². The molecule has 0 saturated carbocycles. The Hall–Kier alpha value is -1.29. The van der Waals surface area contributed by atoms with E-state index in [2.05, 4.69) is 31.0 Å². The van der Waals surface area contributed by atoms with Gasteiger partial charge in [-0.05, 0) is 31.9 Å². The van der Waals surface area contributed by atoms with Crippen molar-refractivity contribution in [1.82, 2.24) is 5.32 Å². The average molecular weight is 280 g/mol. The summed E-state index contributed by atoms with van der Waals surface area (Å²) in [6.07, 6.45) is 0. The van der Waals surface area contributed by atoms with Crippen molar-refractivity contribution in [2.45, 2.75) is 39.8 Å². The quantitative estimate of drug-likeness (QED) is 0.917. The standard InChI is InChI=1S/C16H25FN2O/c1-5-20-16-7-6-13(8-14(16)17)19-10-15(11(2)3)18-9-12(19)4/h6-8,11-12,15,18H,5,9-10H2,1-4H3. The molecule has 0 radical (unpaired) electrons. The molecule has 1 aliphatic rings. The van der Waals surface area contributed by atoms with Gasteiger partial charge in [-0.25, -0.2) is 4.39 Å². The van der Waals surface area contributed by atoms with Crippen LogP contribution in [0.4, 0.5) is 10.1 Å². The van der Waals surface area contributed by atoms with Crippen LogP contribution in [0.15, 0.2) is 18.2 Å². The van der Waals surface area contributed by atoms with E-state index in [0.717, 1.165) is 18.8 Å². The molecule has 112 valence electrons. The summed E-state index contributed by atoms with van der Waals surface area (Å²) >= 11 is 0. The molecule has 2 atom stereocenters. The highest BCUT2D eigenvalue weighted by Gasteiger charge is 2.27. The summed E-state index contributed by atoms with van der Waals surface area (Å²) in [4.78, 5) is 2.28. The molecule has 0 aliphatic carbocycles. The first-order valence-electron chi connectivity index (χ1n) is 7.45. The van der Waals surface area contributed by atoms with Gasteiger partial charge in [0, 0.05) is 36.9 Å². The number of piperazine rings is 1. The SMILES string of the molecule is CCOc1ccc(N2CC(C(C)C)NCC2C)cc1F. The average Bonchev–Trinajstić information content (AvgIpc) is 2.41. The van der Waals surface area contributed by atoms with Crippen molar-refractivity contribution in [3.63, 3.8) is 0 Å². The molecular weight excluding hydrogens is 255 g/mol. The minimum atomic E-state index is -0.281. The van der Waals surface area contributed by atoms with Crippen LogP contribution < -0.4 is 15.0 Å². The third-order valence-corrected chi connectivity index (χ3v) is 3.95. The molecule has 3 nitrogen and oxygen atoms in total. The minimum absolute atomic E-state index is 0.281. The summed E-state index contributed by atoms with van der Waals surface area (Å²) in [6, 6.07) is 6.08. The molecule has 1 N–H and O–H groups in total. The van der Waals surface area contributed by atoms with Crippen molar-refractivity contribution in [1.29, 1.82) is 0 Å². The highest BCUT2D eigenvalue weighted by Crippen LogP contribution is 2.27. The predicted octanol–water partition coefficient (Wildman–Crippen LogP) is 3.05. The fourth-order valence-corrected chi connectivity index (χ4v) is 2.64. The fourth-order valence-electron chi connectivity index (χ4n) is 2.64. The van der Waals surface area contributed by atoms with Gasteiger partial charge in [-0.3, -0.25) is 0 Å². The first-order chi connectivity index (χ1) is 9.52. The number of benzene rings is 1. The second-order valence-electron chi connectivity index (χ2n) is 5.81. The Morgan fingerprint density at radius 3 is 2.80 bits per heavy atom. The normalized spacial score (nSPS) is 23.2. The molecule has 1 heterocycles. The summed E-state index contributed by atoms with van der Waals surface area (Å²) in [7, 11) is 0. The second-order valence-corrected chi connectivity index (χ2v) is 5.81. The molecule has 1 saturated heterocycles. The van der Waals surface area contributed by atoms with Gasteiger partial charge in [0.05, 0.1) is 6.61 Å². The van der Waals surface area contributed by atoms with Gasteiger partial charge in [-0.1, -0.05) is 13.8 Å². The van der Waals surface area contributed by atoms with E-state index >= 15 is 0 Å². The van der Waals surface area contributed by atoms with Crippen molar-refractivity contribution < 1.29 is 9.13 Å². The van der Waals surface area contributed by atoms with Crippen molar-refractivity contribution in [2.75, 3.05) is 24.6 Å². The van der Waals surface area contributed by atoms with Gasteiger partial charge in [0.2, 0.25) is 0 Å². The van der Waals surface area contributed by atoms with Crippen LogP contribution in [0.3, 0.4) is 0 Å². The van der Waals surface area contributed by atoms with Gasteiger partial charge in [0.15, 0.2) is 11.6 Å².